The smallest absolute Gasteiger partial charge is 0.234 e. The van der Waals surface area contributed by atoms with E-state index in [9.17, 15) is 4.79 Å². The monoisotopic (exact) mass is 357 g/mol. The zero-order valence-corrected chi connectivity index (χ0v) is 14.5. The van der Waals surface area contributed by atoms with Crippen molar-refractivity contribution >= 4 is 22.2 Å². The van der Waals surface area contributed by atoms with Crippen LogP contribution in [0, 0.1) is 0 Å². The molecule has 7 nitrogen and oxygen atoms in total. The molecule has 1 aliphatic rings. The molecule has 1 aliphatic carbocycles. The van der Waals surface area contributed by atoms with E-state index in [0.717, 1.165) is 34.4 Å². The first-order valence-corrected chi connectivity index (χ1v) is 9.27. The van der Waals surface area contributed by atoms with E-state index in [4.69, 9.17) is 4.74 Å². The lowest BCUT2D eigenvalue weighted by Gasteiger charge is -2.06. The molecule has 2 heterocycles. The molecular weight excluding hydrogens is 338 g/mol. The molecule has 1 aromatic carbocycles. The fourth-order valence-electron chi connectivity index (χ4n) is 2.54. The average Bonchev–Trinajstić information content (AvgIpc) is 3.27. The summed E-state index contributed by atoms with van der Waals surface area (Å²) in [5.41, 5.74) is 0. The molecule has 1 amide bonds. The SMILES string of the molecule is O=C(CCCOc1ccccc1)NCc1nn2c(C3CC3)nnc2s1. The van der Waals surface area contributed by atoms with Gasteiger partial charge in [-0.05, 0) is 31.4 Å². The summed E-state index contributed by atoms with van der Waals surface area (Å²) >= 11 is 1.47. The zero-order chi connectivity index (χ0) is 17.1. The maximum Gasteiger partial charge on any atom is 0.234 e. The quantitative estimate of drug-likeness (QED) is 0.627. The fraction of sp³-hybridized carbons (Fsp3) is 0.412. The van der Waals surface area contributed by atoms with Gasteiger partial charge in [-0.3, -0.25) is 4.79 Å². The Balaban J connectivity index is 1.21. The van der Waals surface area contributed by atoms with E-state index in [0.29, 0.717) is 31.9 Å². The Hall–Kier alpha value is -2.48. The summed E-state index contributed by atoms with van der Waals surface area (Å²) in [5.74, 6) is 2.28. The second kappa shape index (κ2) is 7.18. The van der Waals surface area contributed by atoms with Gasteiger partial charge in [0.2, 0.25) is 10.9 Å². The van der Waals surface area contributed by atoms with Crippen molar-refractivity contribution in [2.75, 3.05) is 6.61 Å². The minimum Gasteiger partial charge on any atom is -0.494 e. The lowest BCUT2D eigenvalue weighted by molar-refractivity contribution is -0.121. The highest BCUT2D eigenvalue weighted by molar-refractivity contribution is 7.16. The van der Waals surface area contributed by atoms with Crippen LogP contribution in [0.4, 0.5) is 0 Å². The molecule has 0 saturated heterocycles. The summed E-state index contributed by atoms with van der Waals surface area (Å²) < 4.78 is 7.40. The van der Waals surface area contributed by atoms with Crippen molar-refractivity contribution in [1.29, 1.82) is 0 Å². The van der Waals surface area contributed by atoms with Crippen LogP contribution < -0.4 is 10.1 Å². The first-order chi connectivity index (χ1) is 12.3. The van der Waals surface area contributed by atoms with E-state index in [1.807, 2.05) is 34.8 Å². The topological polar surface area (TPSA) is 81.4 Å². The third kappa shape index (κ3) is 3.96. The average molecular weight is 357 g/mol. The van der Waals surface area contributed by atoms with Gasteiger partial charge in [0.25, 0.3) is 0 Å². The number of ether oxygens (including phenoxy) is 1. The number of benzene rings is 1. The highest BCUT2D eigenvalue weighted by Gasteiger charge is 2.30. The molecule has 130 valence electrons. The molecule has 3 aromatic rings. The molecule has 25 heavy (non-hydrogen) atoms. The second-order valence-corrected chi connectivity index (χ2v) is 7.10. The van der Waals surface area contributed by atoms with Gasteiger partial charge in [0.1, 0.15) is 10.8 Å². The number of aromatic nitrogens is 4. The summed E-state index contributed by atoms with van der Waals surface area (Å²) in [5, 5.41) is 16.6. The van der Waals surface area contributed by atoms with Crippen LogP contribution in [0.3, 0.4) is 0 Å². The Kier molecular flexibility index (Phi) is 4.60. The molecule has 1 fully saturated rings. The van der Waals surface area contributed by atoms with Gasteiger partial charge in [0.15, 0.2) is 5.82 Å². The van der Waals surface area contributed by atoms with Crippen molar-refractivity contribution in [3.63, 3.8) is 0 Å². The number of carbonyl (C=O) groups is 1. The van der Waals surface area contributed by atoms with Crippen molar-refractivity contribution in [3.8, 4) is 5.75 Å². The van der Waals surface area contributed by atoms with E-state index in [1.165, 1.54) is 11.3 Å². The number of rotatable bonds is 8. The highest BCUT2D eigenvalue weighted by Crippen LogP contribution is 2.39. The number of nitrogens with zero attached hydrogens (tertiary/aromatic N) is 4. The van der Waals surface area contributed by atoms with Crippen LogP contribution in [0.1, 0.15) is 42.4 Å². The van der Waals surface area contributed by atoms with Crippen LogP contribution in [0.25, 0.3) is 4.96 Å². The molecule has 1 N–H and O–H groups in total. The molecule has 0 radical (unpaired) electrons. The zero-order valence-electron chi connectivity index (χ0n) is 13.7. The number of carbonyl (C=O) groups excluding carboxylic acids is 1. The van der Waals surface area contributed by atoms with E-state index >= 15 is 0 Å². The maximum absolute atomic E-state index is 11.9. The molecular formula is C17H19N5O2S. The number of amides is 1. The number of fused-ring (bicyclic) bond motifs is 1. The molecule has 2 aromatic heterocycles. The lowest BCUT2D eigenvalue weighted by Crippen LogP contribution is -2.23. The third-order valence-corrected chi connectivity index (χ3v) is 4.89. The van der Waals surface area contributed by atoms with Crippen LogP contribution in [-0.2, 0) is 11.3 Å². The number of hydrogen-bond donors (Lipinski definition) is 1. The van der Waals surface area contributed by atoms with Crippen molar-refractivity contribution < 1.29 is 9.53 Å². The van der Waals surface area contributed by atoms with Crippen LogP contribution in [-0.4, -0.2) is 32.3 Å². The van der Waals surface area contributed by atoms with Crippen LogP contribution >= 0.6 is 11.3 Å². The summed E-state index contributed by atoms with van der Waals surface area (Å²) in [4.78, 5) is 12.7. The number of nitrogens with one attached hydrogen (secondary N) is 1. The predicted octanol–water partition coefficient (Wildman–Crippen LogP) is 2.54. The standard InChI is InChI=1S/C17H19N5O2S/c23-14(7-4-10-24-13-5-2-1-3-6-13)18-11-15-21-22-16(12-8-9-12)19-20-17(22)25-15/h1-3,5-6,12H,4,7-11H2,(H,18,23). The Morgan fingerprint density at radius 3 is 2.92 bits per heavy atom. The second-order valence-electron chi connectivity index (χ2n) is 6.06. The van der Waals surface area contributed by atoms with Gasteiger partial charge in [-0.25, -0.2) is 0 Å². The highest BCUT2D eigenvalue weighted by atomic mass is 32.1. The molecule has 0 unspecified atom stereocenters. The summed E-state index contributed by atoms with van der Waals surface area (Å²) in [6.45, 7) is 0.954. The predicted molar refractivity (Wildman–Crippen MR) is 93.7 cm³/mol. The van der Waals surface area contributed by atoms with E-state index < -0.39 is 0 Å². The van der Waals surface area contributed by atoms with Crippen LogP contribution in [0.5, 0.6) is 5.75 Å². The molecule has 0 bridgehead atoms. The molecule has 0 atom stereocenters. The van der Waals surface area contributed by atoms with E-state index in [-0.39, 0.29) is 5.91 Å². The summed E-state index contributed by atoms with van der Waals surface area (Å²) in [6, 6.07) is 9.61. The lowest BCUT2D eigenvalue weighted by atomic mass is 10.3. The van der Waals surface area contributed by atoms with Crippen molar-refractivity contribution in [3.05, 3.63) is 41.2 Å². The molecule has 0 spiro atoms. The van der Waals surface area contributed by atoms with Crippen molar-refractivity contribution in [2.45, 2.75) is 38.1 Å². The fourth-order valence-corrected chi connectivity index (χ4v) is 3.32. The minimum absolute atomic E-state index is 0.00467. The van der Waals surface area contributed by atoms with Crippen LogP contribution in [0.2, 0.25) is 0 Å². The normalized spacial score (nSPS) is 13.9. The first-order valence-electron chi connectivity index (χ1n) is 8.45. The Bertz CT molecular complexity index is 856. The van der Waals surface area contributed by atoms with Gasteiger partial charge in [-0.1, -0.05) is 29.5 Å². The maximum atomic E-state index is 11.9. The van der Waals surface area contributed by atoms with Crippen LogP contribution in [0.15, 0.2) is 30.3 Å². The Morgan fingerprint density at radius 1 is 1.28 bits per heavy atom. The third-order valence-electron chi connectivity index (χ3n) is 4.00. The summed E-state index contributed by atoms with van der Waals surface area (Å²) in [7, 11) is 0. The molecule has 1 saturated carbocycles. The molecule has 8 heteroatoms. The van der Waals surface area contributed by atoms with Gasteiger partial charge < -0.3 is 10.1 Å². The van der Waals surface area contributed by atoms with Gasteiger partial charge in [0, 0.05) is 12.3 Å². The van der Waals surface area contributed by atoms with E-state index in [1.54, 1.807) is 0 Å². The minimum atomic E-state index is 0.00467. The summed E-state index contributed by atoms with van der Waals surface area (Å²) in [6.07, 6.45) is 3.44. The Labute approximate surface area is 149 Å². The Morgan fingerprint density at radius 2 is 2.12 bits per heavy atom. The largest absolute Gasteiger partial charge is 0.494 e. The van der Waals surface area contributed by atoms with Gasteiger partial charge in [-0.15, -0.1) is 10.2 Å². The van der Waals surface area contributed by atoms with Gasteiger partial charge in [-0.2, -0.15) is 9.61 Å². The van der Waals surface area contributed by atoms with Crippen molar-refractivity contribution in [2.24, 2.45) is 0 Å². The van der Waals surface area contributed by atoms with Gasteiger partial charge in [0.05, 0.1) is 13.2 Å². The molecule has 0 aliphatic heterocycles. The van der Waals surface area contributed by atoms with Crippen molar-refractivity contribution in [1.82, 2.24) is 25.1 Å². The van der Waals surface area contributed by atoms with Gasteiger partial charge >= 0.3 is 0 Å². The molecule has 4 rings (SSSR count). The van der Waals surface area contributed by atoms with E-state index in [2.05, 4.69) is 20.6 Å². The number of hydrogen-bond acceptors (Lipinski definition) is 6. The first kappa shape index (κ1) is 16.0. The number of para-hydroxylation sites is 1.